The Balaban J connectivity index is 2.93. The number of hydrogen-bond acceptors (Lipinski definition) is 0. The molecule has 2 atom stereocenters. The van der Waals surface area contributed by atoms with Crippen LogP contribution in [0.1, 0.15) is 128 Å². The van der Waals surface area contributed by atoms with Crippen LogP contribution >= 0.6 is 18.5 Å². The van der Waals surface area contributed by atoms with Crippen LogP contribution in [0.25, 0.3) is 0 Å². The molecule has 0 fully saturated rings. The van der Waals surface area contributed by atoms with Crippen molar-refractivity contribution in [3.8, 4) is 0 Å². The third-order valence-electron chi connectivity index (χ3n) is 5.16. The third kappa shape index (κ3) is 22.9. The SMILES string of the molecule is PCCCCCCCCCCCCCCCCCCCCCCP. The van der Waals surface area contributed by atoms with Crippen LogP contribution in [0.3, 0.4) is 0 Å². The predicted molar refractivity (Wildman–Crippen MR) is 121 cm³/mol. The molecule has 0 heterocycles. The summed E-state index contributed by atoms with van der Waals surface area (Å²) in [7, 11) is 5.67. The molecule has 24 heavy (non-hydrogen) atoms. The molecule has 2 unspecified atom stereocenters. The van der Waals surface area contributed by atoms with Gasteiger partial charge in [-0.3, -0.25) is 0 Å². The lowest BCUT2D eigenvalue weighted by molar-refractivity contribution is 0.523. The highest BCUT2D eigenvalue weighted by atomic mass is 31.0. The number of hydrogen-bond donors (Lipinski definition) is 0. The van der Waals surface area contributed by atoms with Crippen LogP contribution < -0.4 is 0 Å². The minimum atomic E-state index is 1.29. The van der Waals surface area contributed by atoms with E-state index in [1.165, 1.54) is 141 Å². The molecule has 0 aliphatic carbocycles. The molecule has 0 nitrogen and oxygen atoms in total. The maximum atomic E-state index is 2.84. The summed E-state index contributed by atoms with van der Waals surface area (Å²) in [6.07, 6.45) is 32.0. The minimum absolute atomic E-state index is 1.29. The standard InChI is InChI=1S/C22H48P2/c23-21-19-17-15-13-11-9-7-5-3-1-2-4-6-8-10-12-14-16-18-20-22-24/h1-24H2. The van der Waals surface area contributed by atoms with E-state index in [1.54, 1.807) is 0 Å². The summed E-state index contributed by atoms with van der Waals surface area (Å²) in [5.41, 5.74) is 0. The molecule has 0 aromatic carbocycles. The molecule has 0 amide bonds. The Labute approximate surface area is 159 Å². The van der Waals surface area contributed by atoms with Gasteiger partial charge in [0, 0.05) is 0 Å². The Morgan fingerprint density at radius 3 is 0.458 bits per heavy atom. The molecule has 0 saturated carbocycles. The monoisotopic (exact) mass is 374 g/mol. The fraction of sp³-hybridized carbons (Fsp3) is 1.00. The highest BCUT2D eigenvalue weighted by Crippen LogP contribution is 2.15. The van der Waals surface area contributed by atoms with E-state index in [-0.39, 0.29) is 0 Å². The van der Waals surface area contributed by atoms with Gasteiger partial charge in [0.1, 0.15) is 0 Å². The van der Waals surface area contributed by atoms with Crippen LogP contribution in [0.2, 0.25) is 0 Å². The fourth-order valence-electron chi connectivity index (χ4n) is 3.47. The topological polar surface area (TPSA) is 0 Å². The van der Waals surface area contributed by atoms with Gasteiger partial charge in [-0.05, 0) is 25.2 Å². The lowest BCUT2D eigenvalue weighted by Crippen LogP contribution is -1.84. The van der Waals surface area contributed by atoms with Crippen molar-refractivity contribution in [2.75, 3.05) is 12.3 Å². The Bertz CT molecular complexity index is 184. The zero-order valence-electron chi connectivity index (χ0n) is 16.7. The molecule has 0 aromatic heterocycles. The first-order valence-corrected chi connectivity index (χ1v) is 12.9. The van der Waals surface area contributed by atoms with Gasteiger partial charge >= 0.3 is 0 Å². The molecular weight excluding hydrogens is 326 g/mol. The van der Waals surface area contributed by atoms with Crippen molar-refractivity contribution < 1.29 is 0 Å². The van der Waals surface area contributed by atoms with E-state index < -0.39 is 0 Å². The van der Waals surface area contributed by atoms with Crippen molar-refractivity contribution in [1.82, 2.24) is 0 Å². The van der Waals surface area contributed by atoms with E-state index in [0.717, 1.165) is 0 Å². The van der Waals surface area contributed by atoms with Crippen LogP contribution in [0.4, 0.5) is 0 Å². The molecule has 0 N–H and O–H groups in total. The summed E-state index contributed by atoms with van der Waals surface area (Å²) in [5, 5.41) is 0. The molecule has 0 radical (unpaired) electrons. The molecule has 0 rings (SSSR count). The first kappa shape index (κ1) is 24.9. The summed E-state index contributed by atoms with van der Waals surface area (Å²) in [4.78, 5) is 0. The van der Waals surface area contributed by atoms with Crippen LogP contribution in [0.5, 0.6) is 0 Å². The van der Waals surface area contributed by atoms with Gasteiger partial charge in [-0.1, -0.05) is 116 Å². The quantitative estimate of drug-likeness (QED) is 0.139. The average molecular weight is 375 g/mol. The summed E-state index contributed by atoms with van der Waals surface area (Å²) in [6, 6.07) is 0. The Morgan fingerprint density at radius 2 is 0.333 bits per heavy atom. The molecule has 2 heteroatoms. The van der Waals surface area contributed by atoms with Gasteiger partial charge in [0.2, 0.25) is 0 Å². The Kier molecular flexibility index (Phi) is 24.7. The molecule has 146 valence electrons. The van der Waals surface area contributed by atoms with E-state index in [0.29, 0.717) is 0 Å². The van der Waals surface area contributed by atoms with Gasteiger partial charge in [0.15, 0.2) is 0 Å². The van der Waals surface area contributed by atoms with Crippen LogP contribution in [0, 0.1) is 0 Å². The minimum Gasteiger partial charge on any atom is -0.138 e. The van der Waals surface area contributed by atoms with Crippen molar-refractivity contribution in [1.29, 1.82) is 0 Å². The molecule has 0 aromatic rings. The first-order valence-electron chi connectivity index (χ1n) is 11.3. The van der Waals surface area contributed by atoms with Crippen molar-refractivity contribution in [3.05, 3.63) is 0 Å². The van der Waals surface area contributed by atoms with Crippen molar-refractivity contribution >= 4 is 18.5 Å². The summed E-state index contributed by atoms with van der Waals surface area (Å²) in [6.45, 7) is 0. The smallest absolute Gasteiger partial charge is 0.0381 e. The zero-order valence-corrected chi connectivity index (χ0v) is 19.0. The van der Waals surface area contributed by atoms with E-state index >= 15 is 0 Å². The molecule has 0 saturated heterocycles. The second-order valence-corrected chi connectivity index (χ2v) is 8.80. The molecule has 0 aliphatic heterocycles. The van der Waals surface area contributed by atoms with Crippen LogP contribution in [0.15, 0.2) is 0 Å². The van der Waals surface area contributed by atoms with Crippen LogP contribution in [-0.2, 0) is 0 Å². The predicted octanol–water partition coefficient (Wildman–Crippen LogP) is 8.54. The summed E-state index contributed by atoms with van der Waals surface area (Å²) in [5.74, 6) is 0. The van der Waals surface area contributed by atoms with Crippen molar-refractivity contribution in [2.24, 2.45) is 0 Å². The maximum Gasteiger partial charge on any atom is -0.0381 e. The van der Waals surface area contributed by atoms with E-state index in [4.69, 9.17) is 0 Å². The van der Waals surface area contributed by atoms with Gasteiger partial charge in [-0.15, -0.1) is 18.5 Å². The van der Waals surface area contributed by atoms with Gasteiger partial charge in [0.05, 0.1) is 0 Å². The molecule has 0 aliphatic rings. The zero-order chi connectivity index (χ0) is 17.6. The fourth-order valence-corrected chi connectivity index (χ4v) is 4.05. The lowest BCUT2D eigenvalue weighted by atomic mass is 10.0. The second-order valence-electron chi connectivity index (χ2n) is 7.65. The lowest BCUT2D eigenvalue weighted by Gasteiger charge is -2.04. The van der Waals surface area contributed by atoms with Crippen LogP contribution in [-0.4, -0.2) is 12.3 Å². The third-order valence-corrected chi connectivity index (χ3v) is 5.97. The van der Waals surface area contributed by atoms with Gasteiger partial charge in [0.25, 0.3) is 0 Å². The van der Waals surface area contributed by atoms with Crippen molar-refractivity contribution in [3.63, 3.8) is 0 Å². The summed E-state index contributed by atoms with van der Waals surface area (Å²) >= 11 is 0. The largest absolute Gasteiger partial charge is 0.138 e. The second kappa shape index (κ2) is 23.9. The highest BCUT2D eigenvalue weighted by molar-refractivity contribution is 7.16. The molecular formula is C22H48P2. The highest BCUT2D eigenvalue weighted by Gasteiger charge is 1.95. The van der Waals surface area contributed by atoms with E-state index in [2.05, 4.69) is 18.5 Å². The normalized spacial score (nSPS) is 11.2. The average Bonchev–Trinajstić information content (AvgIpc) is 2.60. The van der Waals surface area contributed by atoms with E-state index in [9.17, 15) is 0 Å². The molecule has 0 bridgehead atoms. The Morgan fingerprint density at radius 1 is 0.208 bits per heavy atom. The molecule has 0 spiro atoms. The maximum absolute atomic E-state index is 2.84. The van der Waals surface area contributed by atoms with Gasteiger partial charge in [-0.2, -0.15) is 0 Å². The Hall–Kier alpha value is 0.860. The van der Waals surface area contributed by atoms with Gasteiger partial charge in [-0.25, -0.2) is 0 Å². The first-order chi connectivity index (χ1) is 11.9. The van der Waals surface area contributed by atoms with Gasteiger partial charge < -0.3 is 0 Å². The van der Waals surface area contributed by atoms with Crippen molar-refractivity contribution in [2.45, 2.75) is 128 Å². The number of rotatable bonds is 21. The van der Waals surface area contributed by atoms with E-state index in [1.807, 2.05) is 0 Å². The summed E-state index contributed by atoms with van der Waals surface area (Å²) < 4.78 is 0. The number of unbranched alkanes of at least 4 members (excludes halogenated alkanes) is 19.